The topological polar surface area (TPSA) is 61.7 Å². The Hall–Kier alpha value is -2.20. The number of nitrogens with one attached hydrogen (secondary N) is 1. The highest BCUT2D eigenvalue weighted by molar-refractivity contribution is 5.44. The summed E-state index contributed by atoms with van der Waals surface area (Å²) in [6.45, 7) is 1.06. The van der Waals surface area contributed by atoms with E-state index in [0.29, 0.717) is 18.7 Å². The van der Waals surface area contributed by atoms with E-state index in [2.05, 4.69) is 5.32 Å². The lowest BCUT2D eigenvalue weighted by molar-refractivity contribution is 0.309. The van der Waals surface area contributed by atoms with Crippen molar-refractivity contribution in [2.75, 3.05) is 6.61 Å². The number of aromatic hydroxyl groups is 2. The van der Waals surface area contributed by atoms with Gasteiger partial charge in [-0.25, -0.2) is 0 Å². The first kappa shape index (κ1) is 11.9. The average Bonchev–Trinajstić information content (AvgIpc) is 2.84. The Bertz CT molecular complexity index is 598. The summed E-state index contributed by atoms with van der Waals surface area (Å²) in [5.74, 6) is 0.740. The number of phenols is 2. The van der Waals surface area contributed by atoms with E-state index in [0.717, 1.165) is 11.3 Å². The lowest BCUT2D eigenvalue weighted by Gasteiger charge is -2.12. The van der Waals surface area contributed by atoms with E-state index >= 15 is 0 Å². The number of phenolic OH excluding ortho intramolecular Hbond substituents is 2. The zero-order valence-electron chi connectivity index (χ0n) is 10.3. The minimum Gasteiger partial charge on any atom is -0.504 e. The summed E-state index contributed by atoms with van der Waals surface area (Å²) in [6.07, 6.45) is 0. The zero-order valence-corrected chi connectivity index (χ0v) is 10.3. The van der Waals surface area contributed by atoms with Gasteiger partial charge in [-0.2, -0.15) is 0 Å². The smallest absolute Gasteiger partial charge is 0.161 e. The summed E-state index contributed by atoms with van der Waals surface area (Å²) >= 11 is 0. The number of fused-ring (bicyclic) bond motifs is 1. The van der Waals surface area contributed by atoms with E-state index in [1.807, 2.05) is 24.3 Å². The molecular formula is C15H15NO3. The first-order valence-corrected chi connectivity index (χ1v) is 6.20. The van der Waals surface area contributed by atoms with E-state index in [4.69, 9.17) is 4.74 Å². The molecule has 0 radical (unpaired) electrons. The monoisotopic (exact) mass is 257 g/mol. The maximum atomic E-state index is 9.75. The molecule has 4 nitrogen and oxygen atoms in total. The molecule has 1 heterocycles. The minimum atomic E-state index is -0.0950. The van der Waals surface area contributed by atoms with Gasteiger partial charge in [-0.05, 0) is 12.1 Å². The number of benzene rings is 2. The summed E-state index contributed by atoms with van der Waals surface area (Å²) in [5, 5.41) is 22.5. The first-order valence-electron chi connectivity index (χ1n) is 6.20. The number of para-hydroxylation sites is 2. The molecular weight excluding hydrogens is 242 g/mol. The molecule has 4 heteroatoms. The van der Waals surface area contributed by atoms with Crippen LogP contribution in [0.15, 0.2) is 42.5 Å². The fourth-order valence-corrected chi connectivity index (χ4v) is 2.29. The van der Waals surface area contributed by atoms with Crippen molar-refractivity contribution in [1.82, 2.24) is 5.32 Å². The summed E-state index contributed by atoms with van der Waals surface area (Å²) in [6, 6.07) is 13.0. The van der Waals surface area contributed by atoms with Gasteiger partial charge in [0.05, 0.1) is 6.04 Å². The largest absolute Gasteiger partial charge is 0.504 e. The summed E-state index contributed by atoms with van der Waals surface area (Å²) in [5.41, 5.74) is 1.80. The Morgan fingerprint density at radius 3 is 2.84 bits per heavy atom. The fraction of sp³-hybridized carbons (Fsp3) is 0.200. The quantitative estimate of drug-likeness (QED) is 0.738. The molecule has 0 fully saturated rings. The van der Waals surface area contributed by atoms with E-state index in [1.54, 1.807) is 12.1 Å². The van der Waals surface area contributed by atoms with Crippen molar-refractivity contribution in [3.63, 3.8) is 0 Å². The van der Waals surface area contributed by atoms with Crippen molar-refractivity contribution in [2.45, 2.75) is 12.6 Å². The van der Waals surface area contributed by atoms with Crippen LogP contribution in [-0.4, -0.2) is 16.8 Å². The van der Waals surface area contributed by atoms with Crippen molar-refractivity contribution in [3.05, 3.63) is 53.6 Å². The minimum absolute atomic E-state index is 0.0674. The van der Waals surface area contributed by atoms with Crippen molar-refractivity contribution >= 4 is 0 Å². The molecule has 0 spiro atoms. The molecule has 2 aromatic carbocycles. The van der Waals surface area contributed by atoms with Gasteiger partial charge in [-0.3, -0.25) is 0 Å². The van der Waals surface area contributed by atoms with E-state index in [-0.39, 0.29) is 17.5 Å². The Morgan fingerprint density at radius 1 is 1.11 bits per heavy atom. The highest BCUT2D eigenvalue weighted by atomic mass is 16.5. The van der Waals surface area contributed by atoms with Crippen LogP contribution in [0.1, 0.15) is 17.2 Å². The van der Waals surface area contributed by atoms with Crippen LogP contribution in [0, 0.1) is 0 Å². The average molecular weight is 257 g/mol. The number of hydrogen-bond acceptors (Lipinski definition) is 4. The maximum absolute atomic E-state index is 9.75. The van der Waals surface area contributed by atoms with E-state index in [1.165, 1.54) is 6.07 Å². The molecule has 1 atom stereocenters. The third kappa shape index (κ3) is 2.22. The SMILES string of the molecule is Oc1cccc(CNC2COc3ccccc32)c1O. The van der Waals surface area contributed by atoms with Gasteiger partial charge in [0.25, 0.3) is 0 Å². The Balaban J connectivity index is 1.73. The van der Waals surface area contributed by atoms with Gasteiger partial charge in [0.15, 0.2) is 11.5 Å². The van der Waals surface area contributed by atoms with Crippen molar-refractivity contribution in [1.29, 1.82) is 0 Å². The molecule has 3 N–H and O–H groups in total. The predicted molar refractivity (Wildman–Crippen MR) is 71.3 cm³/mol. The summed E-state index contributed by atoms with van der Waals surface area (Å²) in [7, 11) is 0. The van der Waals surface area contributed by atoms with Crippen LogP contribution >= 0.6 is 0 Å². The van der Waals surface area contributed by atoms with E-state index < -0.39 is 0 Å². The molecule has 0 aromatic heterocycles. The van der Waals surface area contributed by atoms with Gasteiger partial charge < -0.3 is 20.3 Å². The molecule has 1 aliphatic heterocycles. The van der Waals surface area contributed by atoms with Crippen molar-refractivity contribution in [2.24, 2.45) is 0 Å². The molecule has 2 aromatic rings. The van der Waals surface area contributed by atoms with Crippen molar-refractivity contribution in [3.8, 4) is 17.2 Å². The van der Waals surface area contributed by atoms with Gasteiger partial charge >= 0.3 is 0 Å². The third-order valence-electron chi connectivity index (χ3n) is 3.34. The van der Waals surface area contributed by atoms with Gasteiger partial charge in [0, 0.05) is 17.7 Å². The molecule has 98 valence electrons. The number of rotatable bonds is 3. The molecule has 3 rings (SSSR count). The second-order valence-corrected chi connectivity index (χ2v) is 4.57. The van der Waals surface area contributed by atoms with Crippen LogP contribution in [-0.2, 0) is 6.54 Å². The molecule has 0 bridgehead atoms. The third-order valence-corrected chi connectivity index (χ3v) is 3.34. The highest BCUT2D eigenvalue weighted by Crippen LogP contribution is 2.33. The van der Waals surface area contributed by atoms with E-state index in [9.17, 15) is 10.2 Å². The second kappa shape index (κ2) is 4.82. The van der Waals surface area contributed by atoms with Gasteiger partial charge in [-0.15, -0.1) is 0 Å². The molecule has 0 amide bonds. The van der Waals surface area contributed by atoms with Crippen LogP contribution in [0.5, 0.6) is 17.2 Å². The molecule has 0 aliphatic carbocycles. The Labute approximate surface area is 111 Å². The number of hydrogen-bond donors (Lipinski definition) is 3. The summed E-state index contributed by atoms with van der Waals surface area (Å²) in [4.78, 5) is 0. The number of ether oxygens (including phenoxy) is 1. The first-order chi connectivity index (χ1) is 9.25. The Morgan fingerprint density at radius 2 is 1.95 bits per heavy atom. The normalized spacial score (nSPS) is 16.9. The van der Waals surface area contributed by atoms with Gasteiger partial charge in [-0.1, -0.05) is 30.3 Å². The second-order valence-electron chi connectivity index (χ2n) is 4.57. The highest BCUT2D eigenvalue weighted by Gasteiger charge is 2.23. The van der Waals surface area contributed by atoms with Crippen LogP contribution in [0.25, 0.3) is 0 Å². The lowest BCUT2D eigenvalue weighted by atomic mass is 10.1. The molecule has 0 saturated carbocycles. The zero-order chi connectivity index (χ0) is 13.2. The summed E-state index contributed by atoms with van der Waals surface area (Å²) < 4.78 is 5.58. The lowest BCUT2D eigenvalue weighted by Crippen LogP contribution is -2.22. The predicted octanol–water partition coefficient (Wildman–Crippen LogP) is 2.32. The van der Waals surface area contributed by atoms with Crippen LogP contribution in [0.4, 0.5) is 0 Å². The molecule has 19 heavy (non-hydrogen) atoms. The molecule has 1 aliphatic rings. The molecule has 0 saturated heterocycles. The van der Waals surface area contributed by atoms with Crippen LogP contribution in [0.3, 0.4) is 0 Å². The Kier molecular flexibility index (Phi) is 3.01. The molecule has 1 unspecified atom stereocenters. The standard InChI is InChI=1S/C15H15NO3/c17-13-6-3-4-10(15(13)18)8-16-12-9-19-14-7-2-1-5-11(12)14/h1-7,12,16-18H,8-9H2. The maximum Gasteiger partial charge on any atom is 0.161 e. The fourth-order valence-electron chi connectivity index (χ4n) is 2.29. The van der Waals surface area contributed by atoms with Crippen molar-refractivity contribution < 1.29 is 14.9 Å². The van der Waals surface area contributed by atoms with Gasteiger partial charge in [0.1, 0.15) is 12.4 Å². The van der Waals surface area contributed by atoms with Gasteiger partial charge in [0.2, 0.25) is 0 Å². The van der Waals surface area contributed by atoms with Crippen LogP contribution < -0.4 is 10.1 Å². The van der Waals surface area contributed by atoms with Crippen LogP contribution in [0.2, 0.25) is 0 Å².